The molecule has 0 unspecified atom stereocenters. The van der Waals surface area contributed by atoms with Crippen LogP contribution in [0.15, 0.2) is 40.0 Å². The molecule has 0 radical (unpaired) electrons. The predicted octanol–water partition coefficient (Wildman–Crippen LogP) is 4.84. The van der Waals surface area contributed by atoms with Crippen molar-refractivity contribution in [1.29, 1.82) is 0 Å². The van der Waals surface area contributed by atoms with Crippen molar-refractivity contribution in [3.8, 4) is 11.3 Å². The molecule has 2 aliphatic carbocycles. The number of aromatic nitrogens is 2. The maximum absolute atomic E-state index is 12.7. The minimum absolute atomic E-state index is 0.188. The van der Waals surface area contributed by atoms with Crippen LogP contribution in [0.25, 0.3) is 11.3 Å². The van der Waals surface area contributed by atoms with Gasteiger partial charge in [-0.05, 0) is 41.4 Å². The Bertz CT molecular complexity index is 894. The third-order valence-electron chi connectivity index (χ3n) is 6.21. The molecule has 2 aromatic rings. The van der Waals surface area contributed by atoms with Crippen molar-refractivity contribution in [2.75, 3.05) is 0 Å². The molecule has 130 valence electrons. The largest absolute Gasteiger partial charge is 0.293 e. The molecule has 1 aromatic heterocycles. The summed E-state index contributed by atoms with van der Waals surface area (Å²) in [6.45, 7) is 6.48. The normalized spacial score (nSPS) is 27.5. The minimum atomic E-state index is -0.345. The van der Waals surface area contributed by atoms with Gasteiger partial charge in [0.15, 0.2) is 5.78 Å². The smallest absolute Gasteiger partial charge is 0.174 e. The summed E-state index contributed by atoms with van der Waals surface area (Å²) in [5.41, 5.74) is 4.39. The Balaban J connectivity index is 1.95. The summed E-state index contributed by atoms with van der Waals surface area (Å²) < 4.78 is 2.87. The number of nitrogens with zero attached hydrogens (tertiary/aromatic N) is 2. The number of Topliss-reactive ketones (excluding diaryl/α,β-unsaturated/α-hetero) is 1. The standard InChI is InChI=1S/C21H23IN2O/c1-20(2)16-11-10-14-17(13-8-6-5-7-9-13)24(4)23-18(14)21(16,3)12-15(22)19(20)25/h5-9,12,16H,10-11H2,1-4H3/t16-,21-/m0/s1. The number of ketones is 1. The first kappa shape index (κ1) is 17.0. The van der Waals surface area contributed by atoms with E-state index in [-0.39, 0.29) is 22.5 Å². The van der Waals surface area contributed by atoms with E-state index >= 15 is 0 Å². The maximum Gasteiger partial charge on any atom is 0.174 e. The number of hydrogen-bond donors (Lipinski definition) is 0. The number of aryl methyl sites for hydroxylation is 1. The van der Waals surface area contributed by atoms with Crippen LogP contribution < -0.4 is 0 Å². The van der Waals surface area contributed by atoms with Crippen LogP contribution in [0.3, 0.4) is 0 Å². The van der Waals surface area contributed by atoms with Gasteiger partial charge in [-0.3, -0.25) is 9.48 Å². The van der Waals surface area contributed by atoms with Crippen molar-refractivity contribution in [2.45, 2.75) is 39.0 Å². The maximum atomic E-state index is 12.7. The van der Waals surface area contributed by atoms with E-state index in [4.69, 9.17) is 5.10 Å². The predicted molar refractivity (Wildman–Crippen MR) is 109 cm³/mol. The third-order valence-corrected chi connectivity index (χ3v) is 7.01. The van der Waals surface area contributed by atoms with Gasteiger partial charge in [0.1, 0.15) is 0 Å². The highest BCUT2D eigenvalue weighted by molar-refractivity contribution is 14.1. The topological polar surface area (TPSA) is 34.9 Å². The van der Waals surface area contributed by atoms with E-state index in [0.29, 0.717) is 0 Å². The lowest BCUT2D eigenvalue weighted by molar-refractivity contribution is -0.127. The van der Waals surface area contributed by atoms with Gasteiger partial charge in [-0.1, -0.05) is 57.2 Å². The number of carbonyl (C=O) groups excluding carboxylic acids is 1. The summed E-state index contributed by atoms with van der Waals surface area (Å²) in [6.07, 6.45) is 4.18. The number of benzene rings is 1. The molecule has 3 nitrogen and oxygen atoms in total. The first-order valence-electron chi connectivity index (χ1n) is 8.81. The Morgan fingerprint density at radius 1 is 1.20 bits per heavy atom. The average molecular weight is 446 g/mol. The SMILES string of the molecule is Cn1nc2c(c1-c1ccccc1)CC[C@H]1C(C)(C)C(=O)C(I)=C[C@]21C. The van der Waals surface area contributed by atoms with Crippen molar-refractivity contribution >= 4 is 28.4 Å². The molecular formula is C21H23IN2O. The molecule has 0 spiro atoms. The summed E-state index contributed by atoms with van der Waals surface area (Å²) in [4.78, 5) is 12.7. The molecule has 1 heterocycles. The lowest BCUT2D eigenvalue weighted by Crippen LogP contribution is -2.50. The number of allylic oxidation sites excluding steroid dienone is 2. The zero-order chi connectivity index (χ0) is 18.0. The van der Waals surface area contributed by atoms with E-state index in [0.717, 1.165) is 22.1 Å². The van der Waals surface area contributed by atoms with Crippen LogP contribution in [-0.4, -0.2) is 15.6 Å². The Hall–Kier alpha value is -1.43. The molecule has 0 saturated carbocycles. The first-order chi connectivity index (χ1) is 11.8. The molecule has 0 saturated heterocycles. The monoisotopic (exact) mass is 446 g/mol. The molecular weight excluding hydrogens is 423 g/mol. The zero-order valence-corrected chi connectivity index (χ0v) is 17.3. The van der Waals surface area contributed by atoms with Gasteiger partial charge in [0, 0.05) is 29.0 Å². The molecule has 4 rings (SSSR count). The summed E-state index contributed by atoms with van der Waals surface area (Å²) in [5.74, 6) is 0.565. The van der Waals surface area contributed by atoms with Gasteiger partial charge in [0.05, 0.1) is 15.0 Å². The summed E-state index contributed by atoms with van der Waals surface area (Å²) in [7, 11) is 2.03. The van der Waals surface area contributed by atoms with Crippen LogP contribution in [-0.2, 0) is 23.7 Å². The summed E-state index contributed by atoms with van der Waals surface area (Å²) in [5, 5.41) is 4.97. The Morgan fingerprint density at radius 3 is 2.56 bits per heavy atom. The number of carbonyl (C=O) groups is 1. The highest BCUT2D eigenvalue weighted by atomic mass is 127. The number of rotatable bonds is 1. The van der Waals surface area contributed by atoms with Crippen molar-refractivity contribution in [2.24, 2.45) is 18.4 Å². The van der Waals surface area contributed by atoms with Crippen LogP contribution in [0.2, 0.25) is 0 Å². The zero-order valence-electron chi connectivity index (χ0n) is 15.1. The van der Waals surface area contributed by atoms with Crippen molar-refractivity contribution in [3.05, 3.63) is 51.2 Å². The molecule has 0 aliphatic heterocycles. The van der Waals surface area contributed by atoms with Gasteiger partial charge in [0.25, 0.3) is 0 Å². The molecule has 0 fully saturated rings. The highest BCUT2D eigenvalue weighted by Crippen LogP contribution is 2.56. The highest BCUT2D eigenvalue weighted by Gasteiger charge is 2.54. The second-order valence-corrected chi connectivity index (χ2v) is 9.24. The van der Waals surface area contributed by atoms with E-state index < -0.39 is 0 Å². The van der Waals surface area contributed by atoms with Crippen molar-refractivity contribution < 1.29 is 4.79 Å². The Morgan fingerprint density at radius 2 is 1.88 bits per heavy atom. The molecule has 0 N–H and O–H groups in total. The summed E-state index contributed by atoms with van der Waals surface area (Å²) in [6, 6.07) is 10.5. The molecule has 25 heavy (non-hydrogen) atoms. The van der Waals surface area contributed by atoms with E-state index in [1.54, 1.807) is 0 Å². The van der Waals surface area contributed by atoms with Crippen LogP contribution in [0, 0.1) is 11.3 Å². The van der Waals surface area contributed by atoms with Crippen LogP contribution in [0.4, 0.5) is 0 Å². The number of halogens is 1. The Labute approximate surface area is 162 Å². The van der Waals surface area contributed by atoms with E-state index in [9.17, 15) is 4.79 Å². The molecule has 0 bridgehead atoms. The lowest BCUT2D eigenvalue weighted by Gasteiger charge is -2.49. The van der Waals surface area contributed by atoms with Gasteiger partial charge in [-0.25, -0.2) is 0 Å². The lowest BCUT2D eigenvalue weighted by atomic mass is 9.53. The number of fused-ring (bicyclic) bond motifs is 3. The average Bonchev–Trinajstić information content (AvgIpc) is 2.91. The molecule has 2 aliphatic rings. The van der Waals surface area contributed by atoms with Crippen molar-refractivity contribution in [3.63, 3.8) is 0 Å². The molecule has 1 aromatic carbocycles. The second kappa shape index (κ2) is 5.53. The van der Waals surface area contributed by atoms with Crippen LogP contribution >= 0.6 is 22.6 Å². The minimum Gasteiger partial charge on any atom is -0.293 e. The third kappa shape index (κ3) is 2.29. The fraction of sp³-hybridized carbons (Fsp3) is 0.429. The second-order valence-electron chi connectivity index (χ2n) is 8.08. The van der Waals surface area contributed by atoms with Crippen molar-refractivity contribution in [1.82, 2.24) is 9.78 Å². The van der Waals surface area contributed by atoms with E-state index in [2.05, 4.69) is 73.7 Å². The van der Waals surface area contributed by atoms with Gasteiger partial charge in [0.2, 0.25) is 0 Å². The van der Waals surface area contributed by atoms with Crippen LogP contribution in [0.1, 0.15) is 38.4 Å². The molecule has 2 atom stereocenters. The van der Waals surface area contributed by atoms with Gasteiger partial charge in [-0.15, -0.1) is 0 Å². The summed E-state index contributed by atoms with van der Waals surface area (Å²) >= 11 is 2.21. The van der Waals surface area contributed by atoms with Gasteiger partial charge >= 0.3 is 0 Å². The van der Waals surface area contributed by atoms with Gasteiger partial charge < -0.3 is 0 Å². The fourth-order valence-corrected chi connectivity index (χ4v) is 6.36. The van der Waals surface area contributed by atoms with Gasteiger partial charge in [-0.2, -0.15) is 5.10 Å². The Kier molecular flexibility index (Phi) is 3.76. The molecule has 0 amide bonds. The van der Waals surface area contributed by atoms with E-state index in [1.807, 2.05) is 17.8 Å². The fourth-order valence-electron chi connectivity index (χ4n) is 5.02. The van der Waals surface area contributed by atoms with Crippen LogP contribution in [0.5, 0.6) is 0 Å². The molecule has 4 heteroatoms. The first-order valence-corrected chi connectivity index (χ1v) is 9.89. The number of hydrogen-bond acceptors (Lipinski definition) is 2. The quantitative estimate of drug-likeness (QED) is 0.588. The van der Waals surface area contributed by atoms with E-state index in [1.165, 1.54) is 16.8 Å².